The normalized spacial score (nSPS) is 11.0. The van der Waals surface area contributed by atoms with Crippen molar-refractivity contribution in [1.82, 2.24) is 29.4 Å². The number of fused-ring (bicyclic) bond motifs is 1. The number of nitrogens with one attached hydrogen (secondary N) is 1. The number of rotatable bonds is 6. The lowest BCUT2D eigenvalue weighted by atomic mass is 9.98. The Balaban J connectivity index is 1.64. The number of anilines is 1. The Morgan fingerprint density at radius 1 is 1.03 bits per heavy atom. The van der Waals surface area contributed by atoms with Crippen molar-refractivity contribution < 1.29 is 0 Å². The molecule has 10 heteroatoms. The van der Waals surface area contributed by atoms with Crippen molar-refractivity contribution in [3.05, 3.63) is 94.4 Å². The summed E-state index contributed by atoms with van der Waals surface area (Å²) in [5, 5.41) is 17.0. The van der Waals surface area contributed by atoms with Crippen molar-refractivity contribution in [2.45, 2.75) is 6.54 Å². The highest BCUT2D eigenvalue weighted by molar-refractivity contribution is 6.30. The van der Waals surface area contributed by atoms with Crippen molar-refractivity contribution in [2.75, 3.05) is 11.9 Å². The average Bonchev–Trinajstić information content (AvgIpc) is 3.19. The summed E-state index contributed by atoms with van der Waals surface area (Å²) >= 11 is 6.08. The van der Waals surface area contributed by atoms with Crippen LogP contribution in [0.5, 0.6) is 0 Å². The molecule has 1 N–H and O–H groups in total. The predicted octanol–water partition coefficient (Wildman–Crippen LogP) is 3.76. The van der Waals surface area contributed by atoms with Gasteiger partial charge in [-0.3, -0.25) is 10.4 Å². The lowest BCUT2D eigenvalue weighted by Gasteiger charge is -2.11. The summed E-state index contributed by atoms with van der Waals surface area (Å²) < 4.78 is 2.68. The van der Waals surface area contributed by atoms with E-state index < -0.39 is 0 Å². The summed E-state index contributed by atoms with van der Waals surface area (Å²) in [5.74, 6) is 0.635. The molecule has 0 bridgehead atoms. The third kappa shape index (κ3) is 3.93. The van der Waals surface area contributed by atoms with E-state index in [2.05, 4.69) is 20.2 Å². The zero-order chi connectivity index (χ0) is 23.7. The summed E-state index contributed by atoms with van der Waals surface area (Å²) in [4.78, 5) is 23.2. The molecule has 1 aromatic carbocycles. The average molecular weight is 471 g/mol. The van der Waals surface area contributed by atoms with Crippen molar-refractivity contribution in [1.29, 1.82) is 5.41 Å². The number of nitrogens with zero attached hydrogens (tertiary/aromatic N) is 7. The first-order valence-corrected chi connectivity index (χ1v) is 10.8. The van der Waals surface area contributed by atoms with Crippen molar-refractivity contribution in [3.8, 4) is 22.3 Å². The van der Waals surface area contributed by atoms with Crippen LogP contribution in [-0.4, -0.2) is 42.7 Å². The highest BCUT2D eigenvalue weighted by Gasteiger charge is 2.19. The van der Waals surface area contributed by atoms with Crippen LogP contribution in [0.2, 0.25) is 5.02 Å². The van der Waals surface area contributed by atoms with Gasteiger partial charge in [0.2, 0.25) is 0 Å². The maximum absolute atomic E-state index is 13.1. The van der Waals surface area contributed by atoms with E-state index >= 15 is 0 Å². The summed E-state index contributed by atoms with van der Waals surface area (Å²) in [6.07, 6.45) is 7.92. The van der Waals surface area contributed by atoms with Gasteiger partial charge in [-0.2, -0.15) is 9.61 Å². The SMILES string of the molecule is CN(C=N)c1ccc(Cn2nc3c(-c4ccncc4)c(-c4ccc(Cl)cc4)cnn3c2=O)cn1. The number of halogens is 1. The number of benzene rings is 1. The van der Waals surface area contributed by atoms with Gasteiger partial charge in [0.05, 0.1) is 19.1 Å². The maximum atomic E-state index is 13.1. The van der Waals surface area contributed by atoms with Gasteiger partial charge >= 0.3 is 5.69 Å². The Labute approximate surface area is 199 Å². The lowest BCUT2D eigenvalue weighted by molar-refractivity contribution is 0.649. The standard InChI is InChI=1S/C24H19ClN8O/c1-31(15-26)21-7-2-16(12-28-21)14-32-24(34)33-23(30-32)22(18-8-10-27-11-9-18)20(13-29-33)17-3-5-19(25)6-4-17/h2-13,15,26H,14H2,1H3. The molecule has 0 atom stereocenters. The van der Waals surface area contributed by atoms with Gasteiger partial charge in [-0.1, -0.05) is 29.8 Å². The molecule has 4 aromatic heterocycles. The van der Waals surface area contributed by atoms with E-state index in [4.69, 9.17) is 17.0 Å². The summed E-state index contributed by atoms with van der Waals surface area (Å²) in [5.41, 5.74) is 4.26. The third-order valence-electron chi connectivity index (χ3n) is 5.43. The molecule has 0 aliphatic heterocycles. The minimum atomic E-state index is -0.353. The molecule has 5 rings (SSSR count). The van der Waals surface area contributed by atoms with Gasteiger partial charge in [0, 0.05) is 41.8 Å². The Morgan fingerprint density at radius 2 is 1.79 bits per heavy atom. The molecule has 0 spiro atoms. The van der Waals surface area contributed by atoms with Gasteiger partial charge in [-0.25, -0.2) is 14.5 Å². The van der Waals surface area contributed by atoms with Crippen LogP contribution in [0.1, 0.15) is 5.56 Å². The molecular weight excluding hydrogens is 452 g/mol. The highest BCUT2D eigenvalue weighted by atomic mass is 35.5. The second-order valence-corrected chi connectivity index (χ2v) is 8.05. The first-order chi connectivity index (χ1) is 16.5. The van der Waals surface area contributed by atoms with E-state index in [9.17, 15) is 4.79 Å². The van der Waals surface area contributed by atoms with Crippen LogP contribution in [-0.2, 0) is 6.54 Å². The molecule has 34 heavy (non-hydrogen) atoms. The number of pyridine rings is 2. The van der Waals surface area contributed by atoms with Gasteiger partial charge in [0.25, 0.3) is 0 Å². The van der Waals surface area contributed by atoms with Gasteiger partial charge in [-0.05, 0) is 47.0 Å². The van der Waals surface area contributed by atoms with Gasteiger partial charge in [-0.15, -0.1) is 5.10 Å². The van der Waals surface area contributed by atoms with Gasteiger partial charge < -0.3 is 4.90 Å². The summed E-state index contributed by atoms with van der Waals surface area (Å²) in [6.45, 7) is 0.232. The molecule has 0 aliphatic carbocycles. The van der Waals surface area contributed by atoms with Crippen LogP contribution in [0.15, 0.2) is 78.1 Å². The zero-order valence-electron chi connectivity index (χ0n) is 18.1. The van der Waals surface area contributed by atoms with E-state index in [0.717, 1.165) is 27.8 Å². The Morgan fingerprint density at radius 3 is 2.47 bits per heavy atom. The fraction of sp³-hybridized carbons (Fsp3) is 0.0833. The zero-order valence-corrected chi connectivity index (χ0v) is 18.9. The van der Waals surface area contributed by atoms with Crippen LogP contribution in [0.25, 0.3) is 27.9 Å². The quantitative estimate of drug-likeness (QED) is 0.299. The van der Waals surface area contributed by atoms with Crippen molar-refractivity contribution in [2.24, 2.45) is 0 Å². The van der Waals surface area contributed by atoms with E-state index in [1.54, 1.807) is 42.8 Å². The van der Waals surface area contributed by atoms with Crippen LogP contribution in [0.4, 0.5) is 5.82 Å². The van der Waals surface area contributed by atoms with E-state index in [1.165, 1.54) is 15.5 Å². The van der Waals surface area contributed by atoms with Crippen LogP contribution in [0, 0.1) is 5.41 Å². The first-order valence-electron chi connectivity index (χ1n) is 10.4. The molecule has 0 aliphatic rings. The van der Waals surface area contributed by atoms with Crippen LogP contribution >= 0.6 is 11.6 Å². The molecule has 0 amide bonds. The molecule has 0 saturated heterocycles. The minimum absolute atomic E-state index is 0.232. The number of hydrogen-bond acceptors (Lipinski definition) is 6. The molecule has 0 radical (unpaired) electrons. The molecule has 168 valence electrons. The predicted molar refractivity (Wildman–Crippen MR) is 131 cm³/mol. The van der Waals surface area contributed by atoms with Gasteiger partial charge in [0.15, 0.2) is 5.65 Å². The van der Waals surface area contributed by atoms with Crippen LogP contribution < -0.4 is 10.6 Å². The first kappa shape index (κ1) is 21.5. The largest absolute Gasteiger partial charge is 0.367 e. The molecule has 9 nitrogen and oxygen atoms in total. The fourth-order valence-electron chi connectivity index (χ4n) is 3.67. The minimum Gasteiger partial charge on any atom is -0.321 e. The second kappa shape index (κ2) is 8.87. The fourth-order valence-corrected chi connectivity index (χ4v) is 3.80. The number of aromatic nitrogens is 6. The Bertz CT molecular complexity index is 1530. The Kier molecular flexibility index (Phi) is 5.60. The molecule has 0 fully saturated rings. The smallest absolute Gasteiger partial charge is 0.321 e. The topological polar surface area (TPSA) is 105 Å². The van der Waals surface area contributed by atoms with Crippen molar-refractivity contribution >= 4 is 29.4 Å². The lowest BCUT2D eigenvalue weighted by Crippen LogP contribution is -2.23. The molecule has 4 heterocycles. The van der Waals surface area contributed by atoms with Gasteiger partial charge in [0.1, 0.15) is 5.82 Å². The molecular formula is C24H19ClN8O. The molecule has 5 aromatic rings. The molecule has 0 saturated carbocycles. The van der Waals surface area contributed by atoms with E-state index in [-0.39, 0.29) is 12.2 Å². The monoisotopic (exact) mass is 470 g/mol. The number of hydrogen-bond donors (Lipinski definition) is 1. The van der Waals surface area contributed by atoms with E-state index in [0.29, 0.717) is 16.5 Å². The summed E-state index contributed by atoms with van der Waals surface area (Å²) in [6, 6.07) is 14.9. The molecule has 0 unspecified atom stereocenters. The summed E-state index contributed by atoms with van der Waals surface area (Å²) in [7, 11) is 1.74. The van der Waals surface area contributed by atoms with E-state index in [1.807, 2.05) is 42.5 Å². The maximum Gasteiger partial charge on any atom is 0.367 e. The van der Waals surface area contributed by atoms with Crippen molar-refractivity contribution in [3.63, 3.8) is 0 Å². The highest BCUT2D eigenvalue weighted by Crippen LogP contribution is 2.34. The second-order valence-electron chi connectivity index (χ2n) is 7.62. The Hall–Kier alpha value is -4.37. The third-order valence-corrected chi connectivity index (χ3v) is 5.69. The van der Waals surface area contributed by atoms with Crippen LogP contribution in [0.3, 0.4) is 0 Å².